The van der Waals surface area contributed by atoms with Crippen LogP contribution in [0.5, 0.6) is 0 Å². The molecule has 2 bridgehead atoms. The summed E-state index contributed by atoms with van der Waals surface area (Å²) < 4.78 is 40.2. The number of likely N-dealkylation sites (tertiary alicyclic amines) is 1. The zero-order chi connectivity index (χ0) is 22.5. The first-order chi connectivity index (χ1) is 15.3. The maximum Gasteiger partial charge on any atom is 0.416 e. The third kappa shape index (κ3) is 3.39. The first kappa shape index (κ1) is 20.5. The molecule has 2 aliphatic heterocycles. The van der Waals surface area contributed by atoms with E-state index in [9.17, 15) is 18.0 Å². The summed E-state index contributed by atoms with van der Waals surface area (Å²) in [7, 11) is 0. The van der Waals surface area contributed by atoms with E-state index in [0.29, 0.717) is 30.2 Å². The molecule has 2 saturated heterocycles. The van der Waals surface area contributed by atoms with E-state index >= 15 is 0 Å². The number of piperazine rings is 1. The number of rotatable bonds is 3. The highest BCUT2D eigenvalue weighted by molar-refractivity contribution is 5.98. The smallest absolute Gasteiger partial charge is 0.347 e. The second kappa shape index (κ2) is 7.61. The second-order valence-electron chi connectivity index (χ2n) is 8.14. The minimum Gasteiger partial charge on any atom is -0.347 e. The van der Waals surface area contributed by atoms with Crippen LogP contribution in [-0.4, -0.2) is 56.0 Å². The molecule has 3 aromatic rings. The van der Waals surface area contributed by atoms with Crippen LogP contribution in [-0.2, 0) is 6.18 Å². The fraction of sp³-hybridized carbons (Fsp3) is 0.364. The first-order valence-corrected chi connectivity index (χ1v) is 10.4. The molecule has 10 heteroatoms. The Bertz CT molecular complexity index is 1130. The number of fused-ring (bicyclic) bond motifs is 2. The van der Waals surface area contributed by atoms with E-state index in [-0.39, 0.29) is 23.6 Å². The normalized spacial score (nSPS) is 20.6. The molecule has 166 valence electrons. The molecule has 0 aliphatic carbocycles. The summed E-state index contributed by atoms with van der Waals surface area (Å²) in [5.41, 5.74) is 0.547. The number of para-hydroxylation sites is 1. The van der Waals surface area contributed by atoms with Gasteiger partial charge in [0.1, 0.15) is 5.82 Å². The highest BCUT2D eigenvalue weighted by Gasteiger charge is 2.44. The molecule has 7 nitrogen and oxygen atoms in total. The van der Waals surface area contributed by atoms with Crippen molar-refractivity contribution in [2.24, 2.45) is 0 Å². The number of pyridine rings is 1. The fourth-order valence-corrected chi connectivity index (χ4v) is 4.85. The predicted molar refractivity (Wildman–Crippen MR) is 111 cm³/mol. The Labute approximate surface area is 182 Å². The van der Waals surface area contributed by atoms with Crippen LogP contribution in [0.1, 0.15) is 34.3 Å². The lowest BCUT2D eigenvalue weighted by Crippen LogP contribution is -2.56. The molecule has 2 fully saturated rings. The van der Waals surface area contributed by atoms with Crippen molar-refractivity contribution in [3.8, 4) is 5.69 Å². The van der Waals surface area contributed by atoms with Gasteiger partial charge in [-0.05, 0) is 38.0 Å². The lowest BCUT2D eigenvalue weighted by Gasteiger charge is -2.42. The van der Waals surface area contributed by atoms with Gasteiger partial charge in [0.15, 0.2) is 0 Å². The Balaban J connectivity index is 1.42. The highest BCUT2D eigenvalue weighted by atomic mass is 19.4. The third-order valence-electron chi connectivity index (χ3n) is 6.27. The number of benzene rings is 1. The van der Waals surface area contributed by atoms with Crippen molar-refractivity contribution in [2.45, 2.75) is 38.0 Å². The van der Waals surface area contributed by atoms with E-state index in [4.69, 9.17) is 0 Å². The molecular weight excluding hydrogens is 421 g/mol. The number of carbonyl (C=O) groups is 1. The molecule has 0 radical (unpaired) electrons. The van der Waals surface area contributed by atoms with Crippen molar-refractivity contribution in [2.75, 3.05) is 18.0 Å². The quantitative estimate of drug-likeness (QED) is 0.621. The van der Waals surface area contributed by atoms with Gasteiger partial charge in [-0.3, -0.25) is 4.79 Å². The number of halogens is 3. The number of alkyl halides is 3. The van der Waals surface area contributed by atoms with Crippen molar-refractivity contribution in [3.05, 3.63) is 65.6 Å². The molecule has 2 aromatic heterocycles. The average molecular weight is 442 g/mol. The molecule has 32 heavy (non-hydrogen) atoms. The Morgan fingerprint density at radius 1 is 1.00 bits per heavy atom. The van der Waals surface area contributed by atoms with Gasteiger partial charge in [0, 0.05) is 36.9 Å². The fourth-order valence-electron chi connectivity index (χ4n) is 4.85. The van der Waals surface area contributed by atoms with Gasteiger partial charge < -0.3 is 9.80 Å². The second-order valence-corrected chi connectivity index (χ2v) is 8.14. The number of nitrogens with zero attached hydrogens (tertiary/aromatic N) is 6. The summed E-state index contributed by atoms with van der Waals surface area (Å²) in [6.07, 6.45) is 1.48. The molecule has 2 unspecified atom stereocenters. The Hall–Kier alpha value is -3.43. The summed E-state index contributed by atoms with van der Waals surface area (Å²) in [6, 6.07) is 7.99. The molecule has 2 aliphatic rings. The monoisotopic (exact) mass is 442 g/mol. The van der Waals surface area contributed by atoms with Crippen molar-refractivity contribution >= 4 is 11.7 Å². The maximum absolute atomic E-state index is 13.4. The minimum atomic E-state index is -4.43. The zero-order valence-corrected chi connectivity index (χ0v) is 17.3. The van der Waals surface area contributed by atoms with E-state index in [1.807, 2.05) is 11.0 Å². The summed E-state index contributed by atoms with van der Waals surface area (Å²) in [4.78, 5) is 22.9. The average Bonchev–Trinajstić information content (AvgIpc) is 3.39. The largest absolute Gasteiger partial charge is 0.416 e. The minimum absolute atomic E-state index is 0.0811. The summed E-state index contributed by atoms with van der Waals surface area (Å²) in [6.45, 7) is 2.32. The van der Waals surface area contributed by atoms with Crippen LogP contribution in [0.4, 0.5) is 19.0 Å². The summed E-state index contributed by atoms with van der Waals surface area (Å²) in [5.74, 6) is 0.226. The van der Waals surface area contributed by atoms with E-state index in [2.05, 4.69) is 15.2 Å². The maximum atomic E-state index is 13.4. The Kier molecular flexibility index (Phi) is 4.87. The highest BCUT2D eigenvalue weighted by Crippen LogP contribution is 2.40. The SMILES string of the molecule is Cc1c(C(F)(F)F)ccnc1N1C2CCC1CN(C(=O)c1ccccc1-n1nccn1)C2. The molecule has 0 saturated carbocycles. The van der Waals surface area contributed by atoms with Gasteiger partial charge in [-0.2, -0.15) is 28.2 Å². The number of carbonyl (C=O) groups excluding carboxylic acids is 1. The topological polar surface area (TPSA) is 67.2 Å². The van der Waals surface area contributed by atoms with Gasteiger partial charge in [0.05, 0.1) is 29.2 Å². The van der Waals surface area contributed by atoms with Crippen molar-refractivity contribution < 1.29 is 18.0 Å². The van der Waals surface area contributed by atoms with Crippen LogP contribution >= 0.6 is 0 Å². The first-order valence-electron chi connectivity index (χ1n) is 10.4. The Morgan fingerprint density at radius 3 is 2.31 bits per heavy atom. The van der Waals surface area contributed by atoms with Gasteiger partial charge in [0.2, 0.25) is 0 Å². The third-order valence-corrected chi connectivity index (χ3v) is 6.27. The van der Waals surface area contributed by atoms with Crippen LogP contribution in [0.15, 0.2) is 48.9 Å². The van der Waals surface area contributed by atoms with Crippen molar-refractivity contribution in [1.82, 2.24) is 24.9 Å². The zero-order valence-electron chi connectivity index (χ0n) is 17.3. The molecule has 4 heterocycles. The van der Waals surface area contributed by atoms with E-state index in [0.717, 1.165) is 18.9 Å². The van der Waals surface area contributed by atoms with Gasteiger partial charge in [-0.25, -0.2) is 4.98 Å². The number of aromatic nitrogens is 4. The molecular formula is C22H21F3N6O. The standard InChI is InChI=1S/C22H21F3N6O/c1-14-18(22(23,24)25)8-9-26-20(14)30-15-6-7-16(30)13-29(12-15)21(32)17-4-2-3-5-19(17)31-27-10-11-28-31/h2-5,8-11,15-16H,6-7,12-13H2,1H3. The van der Waals surface area contributed by atoms with Gasteiger partial charge in [-0.15, -0.1) is 0 Å². The molecule has 0 spiro atoms. The lowest BCUT2D eigenvalue weighted by molar-refractivity contribution is -0.138. The number of hydrogen-bond donors (Lipinski definition) is 0. The van der Waals surface area contributed by atoms with Crippen LogP contribution in [0.25, 0.3) is 5.69 Å². The number of anilines is 1. The molecule has 0 N–H and O–H groups in total. The van der Waals surface area contributed by atoms with E-state index in [1.54, 1.807) is 35.5 Å². The van der Waals surface area contributed by atoms with Crippen molar-refractivity contribution in [3.63, 3.8) is 0 Å². The molecule has 1 aromatic carbocycles. The number of amides is 1. The van der Waals surface area contributed by atoms with Crippen LogP contribution in [0.2, 0.25) is 0 Å². The summed E-state index contributed by atoms with van der Waals surface area (Å²) in [5, 5.41) is 8.27. The van der Waals surface area contributed by atoms with Gasteiger partial charge in [0.25, 0.3) is 5.91 Å². The number of hydrogen-bond acceptors (Lipinski definition) is 5. The van der Waals surface area contributed by atoms with E-state index < -0.39 is 11.7 Å². The van der Waals surface area contributed by atoms with E-state index in [1.165, 1.54) is 17.9 Å². The van der Waals surface area contributed by atoms with Crippen molar-refractivity contribution in [1.29, 1.82) is 0 Å². The van der Waals surface area contributed by atoms with Gasteiger partial charge in [-0.1, -0.05) is 12.1 Å². The molecule has 2 atom stereocenters. The lowest BCUT2D eigenvalue weighted by atomic mass is 10.1. The van der Waals surface area contributed by atoms with Crippen LogP contribution in [0, 0.1) is 6.92 Å². The Morgan fingerprint density at radius 2 is 1.66 bits per heavy atom. The van der Waals surface area contributed by atoms with Gasteiger partial charge >= 0.3 is 6.18 Å². The molecule has 5 rings (SSSR count). The molecule has 1 amide bonds. The van der Waals surface area contributed by atoms with Crippen LogP contribution in [0.3, 0.4) is 0 Å². The predicted octanol–water partition coefficient (Wildman–Crippen LogP) is 3.48. The van der Waals surface area contributed by atoms with Crippen LogP contribution < -0.4 is 4.90 Å². The summed E-state index contributed by atoms with van der Waals surface area (Å²) >= 11 is 0.